The van der Waals surface area contributed by atoms with Crippen LogP contribution in [0, 0.1) is 11.6 Å². The fourth-order valence-corrected chi connectivity index (χ4v) is 2.85. The summed E-state index contributed by atoms with van der Waals surface area (Å²) in [5, 5.41) is 9.70. The number of nitrogens with one attached hydrogen (secondary N) is 2. The molecule has 0 saturated heterocycles. The highest BCUT2D eigenvalue weighted by atomic mass is 19.1. The van der Waals surface area contributed by atoms with Crippen LogP contribution in [0.4, 0.5) is 14.5 Å². The number of hydrogen-bond donors (Lipinski definition) is 2. The number of nitrogens with zero attached hydrogens (tertiary/aromatic N) is 1. The number of methoxy groups -OCH3 is 2. The Morgan fingerprint density at radius 1 is 1.14 bits per heavy atom. The van der Waals surface area contributed by atoms with E-state index in [4.69, 9.17) is 9.47 Å². The van der Waals surface area contributed by atoms with E-state index in [-0.39, 0.29) is 0 Å². The zero-order valence-electron chi connectivity index (χ0n) is 15.6. The summed E-state index contributed by atoms with van der Waals surface area (Å²) in [5.74, 6) is -1.72. The first-order chi connectivity index (χ1) is 13.5. The first-order valence-electron chi connectivity index (χ1n) is 8.55. The summed E-state index contributed by atoms with van der Waals surface area (Å²) < 4.78 is 38.6. The van der Waals surface area contributed by atoms with Gasteiger partial charge in [0.15, 0.2) is 0 Å². The third-order valence-electron chi connectivity index (χ3n) is 4.29. The Morgan fingerprint density at radius 2 is 1.86 bits per heavy atom. The molecule has 2 N–H and O–H groups in total. The van der Waals surface area contributed by atoms with Crippen molar-refractivity contribution in [2.45, 2.75) is 13.3 Å². The maximum absolute atomic E-state index is 14.0. The van der Waals surface area contributed by atoms with Crippen LogP contribution in [-0.4, -0.2) is 30.3 Å². The zero-order valence-corrected chi connectivity index (χ0v) is 15.6. The lowest BCUT2D eigenvalue weighted by Gasteiger charge is -2.12. The van der Waals surface area contributed by atoms with Gasteiger partial charge in [-0.15, -0.1) is 0 Å². The third-order valence-corrected chi connectivity index (χ3v) is 4.29. The van der Waals surface area contributed by atoms with Gasteiger partial charge in [-0.1, -0.05) is 13.0 Å². The van der Waals surface area contributed by atoms with E-state index in [1.807, 2.05) is 6.92 Å². The number of rotatable bonds is 6. The minimum absolute atomic E-state index is 0.332. The van der Waals surface area contributed by atoms with Crippen molar-refractivity contribution in [2.24, 2.45) is 0 Å². The maximum atomic E-state index is 14.0. The van der Waals surface area contributed by atoms with Crippen molar-refractivity contribution in [3.8, 4) is 22.8 Å². The van der Waals surface area contributed by atoms with E-state index >= 15 is 0 Å². The molecule has 0 spiro atoms. The summed E-state index contributed by atoms with van der Waals surface area (Å²) in [4.78, 5) is 12.6. The lowest BCUT2D eigenvalue weighted by atomic mass is 10.1. The average molecular weight is 387 g/mol. The number of amides is 1. The Balaban J connectivity index is 2.06. The first-order valence-corrected chi connectivity index (χ1v) is 8.55. The normalized spacial score (nSPS) is 10.6. The number of hydrogen-bond acceptors (Lipinski definition) is 4. The van der Waals surface area contributed by atoms with Gasteiger partial charge in [0.2, 0.25) is 0 Å². The summed E-state index contributed by atoms with van der Waals surface area (Å²) in [5.41, 5.74) is 1.26. The number of aryl methyl sites for hydroxylation is 1. The Kier molecular flexibility index (Phi) is 5.58. The van der Waals surface area contributed by atoms with E-state index in [1.165, 1.54) is 20.3 Å². The number of ether oxygens (including phenoxy) is 2. The van der Waals surface area contributed by atoms with Crippen LogP contribution in [0.3, 0.4) is 0 Å². The standard InChI is InChI=1S/C20H19F2N3O3/c1-4-15-19(23-20(26)17-13(21)6-5-7-14(17)22)18(25-24-15)12-9-8-11(27-2)10-16(12)28-3/h5-10H,4H2,1-3H3,(H,23,26)(H,24,25). The van der Waals surface area contributed by atoms with Gasteiger partial charge in [-0.3, -0.25) is 9.89 Å². The van der Waals surface area contributed by atoms with Gasteiger partial charge in [-0.25, -0.2) is 8.78 Å². The molecule has 0 fully saturated rings. The van der Waals surface area contributed by atoms with E-state index in [9.17, 15) is 13.6 Å². The van der Waals surface area contributed by atoms with Crippen molar-refractivity contribution in [1.82, 2.24) is 10.2 Å². The van der Waals surface area contributed by atoms with Crippen molar-refractivity contribution >= 4 is 11.6 Å². The fraction of sp³-hybridized carbons (Fsp3) is 0.200. The molecule has 0 aliphatic carbocycles. The van der Waals surface area contributed by atoms with E-state index in [2.05, 4.69) is 15.5 Å². The summed E-state index contributed by atoms with van der Waals surface area (Å²) >= 11 is 0. The zero-order chi connectivity index (χ0) is 20.3. The summed E-state index contributed by atoms with van der Waals surface area (Å²) in [6.45, 7) is 1.86. The van der Waals surface area contributed by atoms with Crippen LogP contribution in [-0.2, 0) is 6.42 Å². The highest BCUT2D eigenvalue weighted by Gasteiger charge is 2.23. The Morgan fingerprint density at radius 3 is 2.46 bits per heavy atom. The molecule has 0 saturated carbocycles. The maximum Gasteiger partial charge on any atom is 0.261 e. The van der Waals surface area contributed by atoms with E-state index < -0.39 is 23.1 Å². The number of anilines is 1. The van der Waals surface area contributed by atoms with Gasteiger partial charge in [-0.2, -0.15) is 5.10 Å². The van der Waals surface area contributed by atoms with Gasteiger partial charge in [0.1, 0.15) is 34.4 Å². The highest BCUT2D eigenvalue weighted by molar-refractivity contribution is 6.07. The molecule has 8 heteroatoms. The number of H-pyrrole nitrogens is 1. The second kappa shape index (κ2) is 8.08. The molecule has 6 nitrogen and oxygen atoms in total. The van der Waals surface area contributed by atoms with Crippen molar-refractivity contribution < 1.29 is 23.0 Å². The monoisotopic (exact) mass is 387 g/mol. The van der Waals surface area contributed by atoms with E-state index in [0.29, 0.717) is 40.6 Å². The number of aromatic amines is 1. The van der Waals surface area contributed by atoms with Gasteiger partial charge >= 0.3 is 0 Å². The second-order valence-corrected chi connectivity index (χ2v) is 5.90. The van der Waals surface area contributed by atoms with Gasteiger partial charge in [-0.05, 0) is 30.7 Å². The molecule has 0 aliphatic heterocycles. The molecular weight excluding hydrogens is 368 g/mol. The van der Waals surface area contributed by atoms with Crippen molar-refractivity contribution in [1.29, 1.82) is 0 Å². The fourth-order valence-electron chi connectivity index (χ4n) is 2.85. The van der Waals surface area contributed by atoms with Gasteiger partial charge in [0.05, 0.1) is 25.6 Å². The van der Waals surface area contributed by atoms with Crippen LogP contribution >= 0.6 is 0 Å². The molecule has 0 aliphatic rings. The number of aromatic nitrogens is 2. The number of carbonyl (C=O) groups is 1. The number of halogens is 2. The second-order valence-electron chi connectivity index (χ2n) is 5.90. The molecule has 1 aromatic heterocycles. The van der Waals surface area contributed by atoms with Crippen LogP contribution in [0.25, 0.3) is 11.3 Å². The molecular formula is C20H19F2N3O3. The Hall–Kier alpha value is -3.42. The van der Waals surface area contributed by atoms with E-state index in [0.717, 1.165) is 12.1 Å². The number of carbonyl (C=O) groups excluding carboxylic acids is 1. The van der Waals surface area contributed by atoms with Crippen LogP contribution in [0.15, 0.2) is 36.4 Å². The summed E-state index contributed by atoms with van der Waals surface area (Å²) in [6.07, 6.45) is 0.515. The topological polar surface area (TPSA) is 76.2 Å². The van der Waals surface area contributed by atoms with Gasteiger partial charge in [0, 0.05) is 11.6 Å². The summed E-state index contributed by atoms with van der Waals surface area (Å²) in [6, 6.07) is 8.39. The predicted molar refractivity (Wildman–Crippen MR) is 101 cm³/mol. The third kappa shape index (κ3) is 3.53. The van der Waals surface area contributed by atoms with E-state index in [1.54, 1.807) is 18.2 Å². The van der Waals surface area contributed by atoms with Crippen molar-refractivity contribution in [3.05, 3.63) is 59.3 Å². The molecule has 0 radical (unpaired) electrons. The summed E-state index contributed by atoms with van der Waals surface area (Å²) in [7, 11) is 3.03. The van der Waals surface area contributed by atoms with Crippen LogP contribution < -0.4 is 14.8 Å². The minimum atomic E-state index is -0.942. The molecule has 0 atom stereocenters. The lowest BCUT2D eigenvalue weighted by molar-refractivity contribution is 0.101. The van der Waals surface area contributed by atoms with Gasteiger partial charge < -0.3 is 14.8 Å². The molecule has 3 aromatic rings. The quantitative estimate of drug-likeness (QED) is 0.665. The minimum Gasteiger partial charge on any atom is -0.497 e. The van der Waals surface area contributed by atoms with Crippen LogP contribution in [0.2, 0.25) is 0 Å². The molecule has 28 heavy (non-hydrogen) atoms. The largest absolute Gasteiger partial charge is 0.497 e. The Labute approximate surface area is 160 Å². The van der Waals surface area contributed by atoms with Gasteiger partial charge in [0.25, 0.3) is 5.91 Å². The average Bonchev–Trinajstić information content (AvgIpc) is 3.09. The van der Waals surface area contributed by atoms with Crippen molar-refractivity contribution in [2.75, 3.05) is 19.5 Å². The molecule has 0 unspecified atom stereocenters. The molecule has 1 amide bonds. The number of benzene rings is 2. The van der Waals surface area contributed by atoms with Crippen LogP contribution in [0.1, 0.15) is 23.0 Å². The smallest absolute Gasteiger partial charge is 0.261 e. The first kappa shape index (κ1) is 19.3. The molecule has 0 bridgehead atoms. The van der Waals surface area contributed by atoms with Crippen LogP contribution in [0.5, 0.6) is 11.5 Å². The highest BCUT2D eigenvalue weighted by Crippen LogP contribution is 2.37. The van der Waals surface area contributed by atoms with Crippen molar-refractivity contribution in [3.63, 3.8) is 0 Å². The molecule has 2 aromatic carbocycles. The SMILES string of the molecule is CCc1[nH]nc(-c2ccc(OC)cc2OC)c1NC(=O)c1c(F)cccc1F. The predicted octanol–water partition coefficient (Wildman–Crippen LogP) is 4.19. The lowest BCUT2D eigenvalue weighted by Crippen LogP contribution is -2.17. The molecule has 3 rings (SSSR count). The Bertz CT molecular complexity index is 998. The molecule has 146 valence electrons. The molecule has 1 heterocycles.